The maximum absolute atomic E-state index is 14.4. The number of nitrogens with zero attached hydrogens (tertiary/aromatic N) is 2. The van der Waals surface area contributed by atoms with Crippen molar-refractivity contribution in [2.45, 2.75) is 31.9 Å². The number of halogens is 1. The Morgan fingerprint density at radius 2 is 2.03 bits per heavy atom. The van der Waals surface area contributed by atoms with Gasteiger partial charge < -0.3 is 26.3 Å². The van der Waals surface area contributed by atoms with E-state index in [-0.39, 0.29) is 34.6 Å². The number of primary amides is 1. The quantitative estimate of drug-likeness (QED) is 0.357. The monoisotopic (exact) mass is 541 g/mol. The molecule has 2 atom stereocenters. The summed E-state index contributed by atoms with van der Waals surface area (Å²) in [6.07, 6.45) is 1.55. The van der Waals surface area contributed by atoms with Gasteiger partial charge in [-0.2, -0.15) is 4.37 Å². The molecule has 0 spiro atoms. The van der Waals surface area contributed by atoms with Gasteiger partial charge in [-0.05, 0) is 67.2 Å². The van der Waals surface area contributed by atoms with E-state index in [1.54, 1.807) is 24.3 Å². The molecule has 200 valence electrons. The van der Waals surface area contributed by atoms with Crippen LogP contribution in [0.5, 0.6) is 5.75 Å². The molecule has 0 radical (unpaired) electrons. The fraction of sp³-hybridized carbons (Fsp3) is 0.308. The van der Waals surface area contributed by atoms with Crippen LogP contribution < -0.4 is 26.4 Å². The lowest BCUT2D eigenvalue weighted by atomic mass is 10.0. The van der Waals surface area contributed by atoms with Crippen LogP contribution in [0.15, 0.2) is 48.5 Å². The smallest absolute Gasteiger partial charge is 0.273 e. The third-order valence-corrected chi connectivity index (χ3v) is 6.85. The molecule has 1 aromatic heterocycles. The van der Waals surface area contributed by atoms with Gasteiger partial charge in [0.05, 0.1) is 18.4 Å². The van der Waals surface area contributed by atoms with Crippen LogP contribution in [0.2, 0.25) is 0 Å². The van der Waals surface area contributed by atoms with E-state index >= 15 is 0 Å². The van der Waals surface area contributed by atoms with Gasteiger partial charge in [0.15, 0.2) is 5.69 Å². The summed E-state index contributed by atoms with van der Waals surface area (Å²) in [5, 5.41) is 2.87. The van der Waals surface area contributed by atoms with Crippen LogP contribution in [-0.4, -0.2) is 48.0 Å². The van der Waals surface area contributed by atoms with Crippen molar-refractivity contribution in [1.82, 2.24) is 9.69 Å². The Hall–Kier alpha value is -4.03. The highest BCUT2D eigenvalue weighted by atomic mass is 32.1. The van der Waals surface area contributed by atoms with E-state index in [2.05, 4.69) is 9.69 Å². The number of amides is 3. The average Bonchev–Trinajstić information content (AvgIpc) is 3.56. The van der Waals surface area contributed by atoms with Crippen LogP contribution in [0.1, 0.15) is 51.5 Å². The third kappa shape index (κ3) is 5.92. The number of aromatic nitrogens is 1. The molecule has 2 heterocycles. The summed E-state index contributed by atoms with van der Waals surface area (Å²) in [7, 11) is 0. The minimum absolute atomic E-state index is 0.106. The molecule has 0 bridgehead atoms. The second kappa shape index (κ2) is 12.0. The van der Waals surface area contributed by atoms with Crippen LogP contribution in [0.3, 0.4) is 0 Å². The number of carbonyl (C=O) groups excluding carboxylic acids is 3. The topological polar surface area (TPSA) is 150 Å². The number of nitrogens with two attached hydrogens (primary N) is 2. The molecule has 10 nitrogen and oxygen atoms in total. The van der Waals surface area contributed by atoms with E-state index in [4.69, 9.17) is 20.9 Å². The van der Waals surface area contributed by atoms with Gasteiger partial charge in [-0.15, -0.1) is 0 Å². The maximum Gasteiger partial charge on any atom is 0.273 e. The van der Waals surface area contributed by atoms with Crippen LogP contribution in [-0.2, 0) is 9.53 Å². The molecule has 3 amide bonds. The Labute approximate surface area is 222 Å². The minimum Gasteiger partial charge on any atom is -0.494 e. The zero-order chi connectivity index (χ0) is 27.2. The van der Waals surface area contributed by atoms with Crippen molar-refractivity contribution in [2.24, 2.45) is 5.73 Å². The fourth-order valence-corrected chi connectivity index (χ4v) is 4.94. The Morgan fingerprint density at radius 1 is 1.26 bits per heavy atom. The Balaban J connectivity index is 1.80. The molecule has 1 aliphatic heterocycles. The van der Waals surface area contributed by atoms with E-state index in [1.807, 2.05) is 6.92 Å². The van der Waals surface area contributed by atoms with Crippen LogP contribution in [0.4, 0.5) is 15.8 Å². The van der Waals surface area contributed by atoms with Gasteiger partial charge >= 0.3 is 0 Å². The summed E-state index contributed by atoms with van der Waals surface area (Å²) < 4.78 is 29.4. The first kappa shape index (κ1) is 27.0. The van der Waals surface area contributed by atoms with Crippen molar-refractivity contribution in [2.75, 3.05) is 30.4 Å². The van der Waals surface area contributed by atoms with E-state index < -0.39 is 29.6 Å². The molecule has 1 saturated heterocycles. The van der Waals surface area contributed by atoms with E-state index in [9.17, 15) is 18.8 Å². The first-order valence-corrected chi connectivity index (χ1v) is 12.8. The number of hydrogen-bond acceptors (Lipinski definition) is 8. The summed E-state index contributed by atoms with van der Waals surface area (Å²) in [5.74, 6) is -2.19. The summed E-state index contributed by atoms with van der Waals surface area (Å²) in [4.78, 5) is 40.5. The van der Waals surface area contributed by atoms with Crippen LogP contribution >= 0.6 is 11.5 Å². The van der Waals surface area contributed by atoms with E-state index in [0.717, 1.165) is 23.8 Å². The molecule has 2 aromatic carbocycles. The molecule has 0 aliphatic carbocycles. The lowest BCUT2D eigenvalue weighted by molar-refractivity contribution is -0.123. The zero-order valence-electron chi connectivity index (χ0n) is 20.7. The van der Waals surface area contributed by atoms with Crippen molar-refractivity contribution in [1.29, 1.82) is 0 Å². The van der Waals surface area contributed by atoms with Gasteiger partial charge in [-0.25, -0.2) is 4.39 Å². The summed E-state index contributed by atoms with van der Waals surface area (Å²) >= 11 is 0.674. The van der Waals surface area contributed by atoms with Gasteiger partial charge in [0.1, 0.15) is 22.5 Å². The molecule has 12 heteroatoms. The Bertz CT molecular complexity index is 1310. The number of anilines is 2. The molecule has 38 heavy (non-hydrogen) atoms. The van der Waals surface area contributed by atoms with E-state index in [0.29, 0.717) is 36.1 Å². The van der Waals surface area contributed by atoms with Crippen molar-refractivity contribution < 1.29 is 28.2 Å². The molecule has 1 fully saturated rings. The molecule has 5 N–H and O–H groups in total. The number of nitrogen functional groups attached to an aromatic ring is 1. The summed E-state index contributed by atoms with van der Waals surface area (Å²) in [6, 6.07) is 10.7. The number of hydrogen-bond donors (Lipinski definition) is 3. The number of benzene rings is 2. The molecule has 4 rings (SSSR count). The first-order valence-electron chi connectivity index (χ1n) is 12.1. The van der Waals surface area contributed by atoms with Gasteiger partial charge in [-0.1, -0.05) is 18.2 Å². The van der Waals surface area contributed by atoms with Crippen LogP contribution in [0.25, 0.3) is 0 Å². The van der Waals surface area contributed by atoms with Crippen molar-refractivity contribution in [3.05, 3.63) is 70.5 Å². The van der Waals surface area contributed by atoms with Gasteiger partial charge in [-0.3, -0.25) is 19.3 Å². The number of carbonyl (C=O) groups is 3. The maximum atomic E-state index is 14.4. The highest BCUT2D eigenvalue weighted by Crippen LogP contribution is 2.34. The molecular weight excluding hydrogens is 513 g/mol. The lowest BCUT2D eigenvalue weighted by Crippen LogP contribution is -2.45. The van der Waals surface area contributed by atoms with Gasteiger partial charge in [0, 0.05) is 18.8 Å². The third-order valence-electron chi connectivity index (χ3n) is 6.00. The first-order chi connectivity index (χ1) is 18.3. The standard InChI is InChI=1S/C26H28FN5O5S/c1-2-36-18-10-8-15(9-11-18)22(25(34)30-14-19-7-4-12-37-19)32(17-6-3-5-16(27)13-17)26(35)23-20(28)21(24(29)33)31-38-23/h3,5-6,8-11,13,19,22H,2,4,7,12,14,28H2,1H3,(H2,29,33)(H,30,34)/t19-,22-/m1/s1. The van der Waals surface area contributed by atoms with Gasteiger partial charge in [0.2, 0.25) is 5.91 Å². The molecule has 1 aliphatic rings. The molecule has 0 saturated carbocycles. The largest absolute Gasteiger partial charge is 0.494 e. The molecular formula is C26H28FN5O5S. The molecule has 0 unspecified atom stereocenters. The van der Waals surface area contributed by atoms with Crippen molar-refractivity contribution in [3.63, 3.8) is 0 Å². The van der Waals surface area contributed by atoms with Crippen molar-refractivity contribution in [3.8, 4) is 5.75 Å². The molecule has 3 aromatic rings. The highest BCUT2D eigenvalue weighted by molar-refractivity contribution is 7.09. The average molecular weight is 542 g/mol. The predicted octanol–water partition coefficient (Wildman–Crippen LogP) is 3.05. The van der Waals surface area contributed by atoms with Crippen molar-refractivity contribution >= 4 is 40.6 Å². The van der Waals surface area contributed by atoms with Gasteiger partial charge in [0.25, 0.3) is 11.8 Å². The fourth-order valence-electron chi connectivity index (χ4n) is 4.20. The SMILES string of the molecule is CCOc1ccc([C@H](C(=O)NC[C@H]2CCCO2)N(C(=O)c2snc(C(N)=O)c2N)c2cccc(F)c2)cc1. The number of ether oxygens (including phenoxy) is 2. The highest BCUT2D eigenvalue weighted by Gasteiger charge is 2.36. The second-order valence-electron chi connectivity index (χ2n) is 8.58. The second-order valence-corrected chi connectivity index (χ2v) is 9.35. The minimum atomic E-state index is -1.24. The Morgan fingerprint density at radius 3 is 2.63 bits per heavy atom. The zero-order valence-corrected chi connectivity index (χ0v) is 21.5. The lowest BCUT2D eigenvalue weighted by Gasteiger charge is -2.31. The normalized spacial score (nSPS) is 15.6. The Kier molecular flexibility index (Phi) is 8.54. The summed E-state index contributed by atoms with van der Waals surface area (Å²) in [5.41, 5.74) is 11.5. The number of nitrogens with one attached hydrogen (secondary N) is 1. The summed E-state index contributed by atoms with van der Waals surface area (Å²) in [6.45, 7) is 3.15. The van der Waals surface area contributed by atoms with E-state index in [1.165, 1.54) is 18.2 Å². The number of rotatable bonds is 10. The van der Waals surface area contributed by atoms with Crippen LogP contribution in [0, 0.1) is 5.82 Å². The predicted molar refractivity (Wildman–Crippen MR) is 141 cm³/mol.